The molecule has 2 amide bonds. The monoisotopic (exact) mass is 448 g/mol. The van der Waals surface area contributed by atoms with Crippen LogP contribution in [0.3, 0.4) is 0 Å². The molecule has 1 atom stereocenters. The lowest BCUT2D eigenvalue weighted by Gasteiger charge is -2.29. The largest absolute Gasteiger partial charge is 0.354 e. The highest BCUT2D eigenvalue weighted by atomic mass is 35.5. The Balaban J connectivity index is 2.13. The molecule has 0 spiro atoms. The molecule has 30 heavy (non-hydrogen) atoms. The molecule has 0 fully saturated rings. The molecular weight excluding hydrogens is 419 g/mol. The van der Waals surface area contributed by atoms with Crippen molar-refractivity contribution in [2.45, 2.75) is 59.0 Å². The van der Waals surface area contributed by atoms with Crippen LogP contribution in [0.2, 0.25) is 10.0 Å². The highest BCUT2D eigenvalue weighted by Gasteiger charge is 2.26. The molecule has 162 valence electrons. The van der Waals surface area contributed by atoms with Gasteiger partial charge in [0.1, 0.15) is 6.04 Å². The average Bonchev–Trinajstić information content (AvgIpc) is 2.73. The van der Waals surface area contributed by atoms with E-state index in [0.717, 1.165) is 24.0 Å². The first-order valence-electron chi connectivity index (χ1n) is 10.4. The van der Waals surface area contributed by atoms with Crippen LogP contribution in [-0.4, -0.2) is 29.3 Å². The second kappa shape index (κ2) is 12.0. The molecule has 0 aliphatic carbocycles. The fraction of sp³-hybridized carbons (Fsp3) is 0.417. The molecule has 0 aliphatic rings. The first-order valence-corrected chi connectivity index (χ1v) is 11.1. The number of nitrogens with zero attached hydrogens (tertiary/aromatic N) is 1. The van der Waals surface area contributed by atoms with Crippen molar-refractivity contribution in [2.24, 2.45) is 0 Å². The summed E-state index contributed by atoms with van der Waals surface area (Å²) in [6.45, 7) is 6.78. The van der Waals surface area contributed by atoms with Crippen molar-refractivity contribution in [1.82, 2.24) is 10.2 Å². The number of hydrogen-bond acceptors (Lipinski definition) is 2. The quantitative estimate of drug-likeness (QED) is 0.483. The van der Waals surface area contributed by atoms with Gasteiger partial charge in [0.15, 0.2) is 0 Å². The lowest BCUT2D eigenvalue weighted by molar-refractivity contribution is -0.140. The van der Waals surface area contributed by atoms with Crippen LogP contribution in [0, 0.1) is 6.92 Å². The summed E-state index contributed by atoms with van der Waals surface area (Å²) in [4.78, 5) is 27.4. The second-order valence-electron chi connectivity index (χ2n) is 7.58. The van der Waals surface area contributed by atoms with Gasteiger partial charge in [0.2, 0.25) is 11.8 Å². The minimum Gasteiger partial charge on any atom is -0.354 e. The zero-order valence-corrected chi connectivity index (χ0v) is 19.4. The Labute approximate surface area is 189 Å². The maximum absolute atomic E-state index is 13.1. The van der Waals surface area contributed by atoms with Gasteiger partial charge < -0.3 is 10.2 Å². The third kappa shape index (κ3) is 7.33. The normalized spacial score (nSPS) is 11.8. The van der Waals surface area contributed by atoms with E-state index in [0.29, 0.717) is 36.0 Å². The van der Waals surface area contributed by atoms with Gasteiger partial charge in [-0.1, -0.05) is 72.4 Å². The molecule has 0 saturated carbocycles. The summed E-state index contributed by atoms with van der Waals surface area (Å²) in [6.07, 6.45) is 2.86. The summed E-state index contributed by atoms with van der Waals surface area (Å²) in [5, 5.41) is 3.82. The number of nitrogens with one attached hydrogen (secondary N) is 1. The standard InChI is InChI=1S/C24H30Cl2N2O2/c1-4-5-14-27-24(30)18(3)28(16-20-10-12-21(25)22(26)15-20)23(29)13-11-19-8-6-17(2)7-9-19/h6-10,12,15,18H,4-5,11,13-14,16H2,1-3H3,(H,27,30). The van der Waals surface area contributed by atoms with Crippen molar-refractivity contribution in [3.8, 4) is 0 Å². The molecule has 2 aromatic carbocycles. The zero-order chi connectivity index (χ0) is 22.1. The third-order valence-corrected chi connectivity index (χ3v) is 5.82. The summed E-state index contributed by atoms with van der Waals surface area (Å²) in [5.41, 5.74) is 3.12. The fourth-order valence-corrected chi connectivity index (χ4v) is 3.42. The summed E-state index contributed by atoms with van der Waals surface area (Å²) in [6, 6.07) is 12.8. The van der Waals surface area contributed by atoms with Gasteiger partial charge in [-0.15, -0.1) is 0 Å². The Morgan fingerprint density at radius 3 is 2.33 bits per heavy atom. The van der Waals surface area contributed by atoms with Crippen LogP contribution in [-0.2, 0) is 22.6 Å². The fourth-order valence-electron chi connectivity index (χ4n) is 3.10. The maximum Gasteiger partial charge on any atom is 0.242 e. The average molecular weight is 449 g/mol. The molecule has 1 N–H and O–H groups in total. The van der Waals surface area contributed by atoms with Crippen molar-refractivity contribution in [1.29, 1.82) is 0 Å². The van der Waals surface area contributed by atoms with Crippen molar-refractivity contribution < 1.29 is 9.59 Å². The Morgan fingerprint density at radius 2 is 1.70 bits per heavy atom. The van der Waals surface area contributed by atoms with Gasteiger partial charge in [-0.25, -0.2) is 0 Å². The predicted octanol–water partition coefficient (Wildman–Crippen LogP) is 5.57. The van der Waals surface area contributed by atoms with Crippen LogP contribution in [0.1, 0.15) is 49.8 Å². The molecule has 1 unspecified atom stereocenters. The predicted molar refractivity (Wildman–Crippen MR) is 124 cm³/mol. The Kier molecular flexibility index (Phi) is 9.67. The van der Waals surface area contributed by atoms with E-state index >= 15 is 0 Å². The Hall–Kier alpha value is -2.04. The van der Waals surface area contributed by atoms with Gasteiger partial charge >= 0.3 is 0 Å². The number of aryl methyl sites for hydroxylation is 2. The van der Waals surface area contributed by atoms with Crippen LogP contribution in [0.15, 0.2) is 42.5 Å². The zero-order valence-electron chi connectivity index (χ0n) is 17.9. The van der Waals surface area contributed by atoms with E-state index in [1.54, 1.807) is 24.0 Å². The van der Waals surface area contributed by atoms with E-state index < -0.39 is 6.04 Å². The van der Waals surface area contributed by atoms with Crippen molar-refractivity contribution >= 4 is 35.0 Å². The van der Waals surface area contributed by atoms with Crippen molar-refractivity contribution in [3.63, 3.8) is 0 Å². The van der Waals surface area contributed by atoms with Crippen molar-refractivity contribution in [3.05, 3.63) is 69.2 Å². The molecule has 2 rings (SSSR count). The lowest BCUT2D eigenvalue weighted by Crippen LogP contribution is -2.47. The van der Waals surface area contributed by atoms with Crippen LogP contribution in [0.25, 0.3) is 0 Å². The van der Waals surface area contributed by atoms with Gasteiger partial charge in [0.05, 0.1) is 10.0 Å². The summed E-state index contributed by atoms with van der Waals surface area (Å²) < 4.78 is 0. The molecular formula is C24H30Cl2N2O2. The topological polar surface area (TPSA) is 49.4 Å². The van der Waals surface area contributed by atoms with Crippen LogP contribution in [0.4, 0.5) is 0 Å². The van der Waals surface area contributed by atoms with E-state index in [1.165, 1.54) is 5.56 Å². The molecule has 0 radical (unpaired) electrons. The summed E-state index contributed by atoms with van der Waals surface area (Å²) in [7, 11) is 0. The molecule has 4 nitrogen and oxygen atoms in total. The molecule has 0 heterocycles. The SMILES string of the molecule is CCCCNC(=O)C(C)N(Cc1ccc(Cl)c(Cl)c1)C(=O)CCc1ccc(C)cc1. The van der Waals surface area contributed by atoms with Gasteiger partial charge in [0.25, 0.3) is 0 Å². The Morgan fingerprint density at radius 1 is 1.03 bits per heavy atom. The molecule has 0 aromatic heterocycles. The van der Waals surface area contributed by atoms with Crippen LogP contribution in [0.5, 0.6) is 0 Å². The van der Waals surface area contributed by atoms with E-state index in [-0.39, 0.29) is 11.8 Å². The molecule has 0 aliphatic heterocycles. The smallest absolute Gasteiger partial charge is 0.242 e. The number of unbranched alkanes of at least 4 members (excludes halogenated alkanes) is 1. The number of rotatable bonds is 10. The molecule has 6 heteroatoms. The third-order valence-electron chi connectivity index (χ3n) is 5.08. The summed E-state index contributed by atoms with van der Waals surface area (Å²) in [5.74, 6) is -0.216. The summed E-state index contributed by atoms with van der Waals surface area (Å²) >= 11 is 12.2. The van der Waals surface area contributed by atoms with Gasteiger partial charge in [-0.2, -0.15) is 0 Å². The number of carbonyl (C=O) groups excluding carboxylic acids is 2. The van der Waals surface area contributed by atoms with Gasteiger partial charge in [0, 0.05) is 19.5 Å². The minimum absolute atomic E-state index is 0.0696. The molecule has 0 saturated heterocycles. The highest BCUT2D eigenvalue weighted by molar-refractivity contribution is 6.42. The molecule has 2 aromatic rings. The van der Waals surface area contributed by atoms with E-state index in [4.69, 9.17) is 23.2 Å². The first kappa shape index (κ1) is 24.2. The maximum atomic E-state index is 13.1. The highest BCUT2D eigenvalue weighted by Crippen LogP contribution is 2.24. The number of hydrogen-bond donors (Lipinski definition) is 1. The molecule has 0 bridgehead atoms. The number of halogens is 2. The lowest BCUT2D eigenvalue weighted by atomic mass is 10.1. The van der Waals surface area contributed by atoms with E-state index in [9.17, 15) is 9.59 Å². The van der Waals surface area contributed by atoms with E-state index in [2.05, 4.69) is 12.2 Å². The van der Waals surface area contributed by atoms with Gasteiger partial charge in [-0.3, -0.25) is 9.59 Å². The van der Waals surface area contributed by atoms with E-state index in [1.807, 2.05) is 37.3 Å². The number of amides is 2. The number of benzene rings is 2. The van der Waals surface area contributed by atoms with Crippen molar-refractivity contribution in [2.75, 3.05) is 6.54 Å². The van der Waals surface area contributed by atoms with Crippen LogP contribution < -0.4 is 5.32 Å². The first-order chi connectivity index (χ1) is 14.3. The second-order valence-corrected chi connectivity index (χ2v) is 8.39. The Bertz CT molecular complexity index is 853. The minimum atomic E-state index is -0.582. The number of carbonyl (C=O) groups is 2. The van der Waals surface area contributed by atoms with Gasteiger partial charge in [-0.05, 0) is 49.9 Å². The van der Waals surface area contributed by atoms with Crippen LogP contribution >= 0.6 is 23.2 Å².